The van der Waals surface area contributed by atoms with E-state index in [0.717, 1.165) is 40.0 Å². The molecule has 0 fully saturated rings. The summed E-state index contributed by atoms with van der Waals surface area (Å²) < 4.78 is 5.70. The largest absolute Gasteiger partial charge is 0.361 e. The van der Waals surface area contributed by atoms with E-state index in [0.29, 0.717) is 3.92 Å². The zero-order valence-corrected chi connectivity index (χ0v) is 16.2. The van der Waals surface area contributed by atoms with Crippen LogP contribution in [0.5, 0.6) is 0 Å². The number of nitrogens with zero attached hydrogens (tertiary/aromatic N) is 2. The maximum atomic E-state index is 5.28. The number of nitrogens with one attached hydrogen (secondary N) is 1. The molecule has 25 heavy (non-hydrogen) atoms. The van der Waals surface area contributed by atoms with Gasteiger partial charge in [0.25, 0.3) is 0 Å². The Kier molecular flexibility index (Phi) is 4.33. The Morgan fingerprint density at radius 2 is 2.00 bits per heavy atom. The number of fused-ring (bicyclic) bond motifs is 1. The molecule has 0 amide bonds. The molecule has 5 heteroatoms. The van der Waals surface area contributed by atoms with Gasteiger partial charge in [-0.15, -0.1) is 0 Å². The minimum atomic E-state index is 0.418. The van der Waals surface area contributed by atoms with Gasteiger partial charge >= 0.3 is 0 Å². The SMILES string of the molecule is Cc1noc(C)c1-c1cnc2c(CC(I)c3ccccc3)c[nH]c2c1. The molecule has 1 atom stereocenters. The van der Waals surface area contributed by atoms with Crippen molar-refractivity contribution < 1.29 is 4.52 Å². The number of benzene rings is 1. The Hall–Kier alpha value is -2.15. The minimum Gasteiger partial charge on any atom is -0.361 e. The zero-order valence-electron chi connectivity index (χ0n) is 14.1. The maximum Gasteiger partial charge on any atom is 0.141 e. The second-order valence-electron chi connectivity index (χ2n) is 6.22. The van der Waals surface area contributed by atoms with Crippen LogP contribution in [0.4, 0.5) is 0 Å². The molecule has 4 rings (SSSR count). The highest BCUT2D eigenvalue weighted by molar-refractivity contribution is 14.1. The molecule has 126 valence electrons. The summed E-state index contributed by atoms with van der Waals surface area (Å²) in [6.45, 7) is 3.89. The van der Waals surface area contributed by atoms with Gasteiger partial charge in [0.05, 0.1) is 16.7 Å². The third kappa shape index (κ3) is 3.08. The second kappa shape index (κ2) is 6.63. The van der Waals surface area contributed by atoms with E-state index < -0.39 is 0 Å². The van der Waals surface area contributed by atoms with Crippen LogP contribution in [0.1, 0.15) is 26.5 Å². The van der Waals surface area contributed by atoms with Gasteiger partial charge in [-0.2, -0.15) is 0 Å². The molecule has 4 nitrogen and oxygen atoms in total. The number of rotatable bonds is 4. The molecule has 3 heterocycles. The van der Waals surface area contributed by atoms with Crippen LogP contribution in [0.25, 0.3) is 22.2 Å². The molecular formula is C20H18IN3O. The van der Waals surface area contributed by atoms with Gasteiger partial charge in [0.2, 0.25) is 0 Å². The van der Waals surface area contributed by atoms with Crippen molar-refractivity contribution in [3.63, 3.8) is 0 Å². The number of alkyl halides is 1. The topological polar surface area (TPSA) is 54.7 Å². The molecule has 0 radical (unpaired) electrons. The fraction of sp³-hybridized carbons (Fsp3) is 0.200. The molecule has 0 saturated heterocycles. The first-order valence-corrected chi connectivity index (χ1v) is 9.46. The number of H-pyrrole nitrogens is 1. The first kappa shape index (κ1) is 16.3. The Morgan fingerprint density at radius 1 is 1.20 bits per heavy atom. The Balaban J connectivity index is 1.67. The van der Waals surface area contributed by atoms with Crippen LogP contribution in [-0.4, -0.2) is 15.1 Å². The van der Waals surface area contributed by atoms with Crippen molar-refractivity contribution in [1.82, 2.24) is 15.1 Å². The number of aromatic amines is 1. The average Bonchev–Trinajstić information content (AvgIpc) is 3.18. The maximum absolute atomic E-state index is 5.28. The van der Waals surface area contributed by atoms with Gasteiger partial charge < -0.3 is 9.51 Å². The summed E-state index contributed by atoms with van der Waals surface area (Å²) in [5, 5.41) is 4.04. The summed E-state index contributed by atoms with van der Waals surface area (Å²) in [7, 11) is 0. The van der Waals surface area contributed by atoms with E-state index in [4.69, 9.17) is 9.51 Å². The smallest absolute Gasteiger partial charge is 0.141 e. The van der Waals surface area contributed by atoms with Gasteiger partial charge in [-0.25, -0.2) is 0 Å². The van der Waals surface area contributed by atoms with Crippen LogP contribution in [0, 0.1) is 13.8 Å². The highest BCUT2D eigenvalue weighted by atomic mass is 127. The van der Waals surface area contributed by atoms with E-state index in [9.17, 15) is 0 Å². The van der Waals surface area contributed by atoms with Gasteiger partial charge in [0.1, 0.15) is 5.76 Å². The third-order valence-corrected chi connectivity index (χ3v) is 5.64. The molecule has 0 aliphatic rings. The summed E-state index contributed by atoms with van der Waals surface area (Å²) in [4.78, 5) is 8.09. The molecule has 0 saturated carbocycles. The zero-order chi connectivity index (χ0) is 17.4. The van der Waals surface area contributed by atoms with Crippen LogP contribution < -0.4 is 0 Å². The fourth-order valence-electron chi connectivity index (χ4n) is 3.22. The first-order valence-electron chi connectivity index (χ1n) is 8.21. The van der Waals surface area contributed by atoms with E-state index in [2.05, 4.69) is 75.3 Å². The van der Waals surface area contributed by atoms with Crippen LogP contribution in [-0.2, 0) is 6.42 Å². The van der Waals surface area contributed by atoms with Gasteiger partial charge in [0.15, 0.2) is 0 Å². The van der Waals surface area contributed by atoms with Crippen LogP contribution in [0.2, 0.25) is 0 Å². The quantitative estimate of drug-likeness (QED) is 0.332. The highest BCUT2D eigenvalue weighted by Crippen LogP contribution is 2.32. The van der Waals surface area contributed by atoms with Crippen molar-refractivity contribution in [2.45, 2.75) is 24.2 Å². The average molecular weight is 443 g/mol. The number of aryl methyl sites for hydroxylation is 2. The number of hydrogen-bond donors (Lipinski definition) is 1. The summed E-state index contributed by atoms with van der Waals surface area (Å²) in [5.41, 5.74) is 7.61. The lowest BCUT2D eigenvalue weighted by molar-refractivity contribution is 0.393. The lowest BCUT2D eigenvalue weighted by Gasteiger charge is -2.09. The molecule has 3 aromatic heterocycles. The molecule has 0 spiro atoms. The number of hydrogen-bond acceptors (Lipinski definition) is 3. The standard InChI is InChI=1S/C20H18IN3O/c1-12-19(13(2)25-24-12)15-9-18-20(23-10-15)16(11-22-18)8-17(21)14-6-4-3-5-7-14/h3-7,9-11,17,22H,8H2,1-2H3. The van der Waals surface area contributed by atoms with E-state index in [1.807, 2.05) is 20.0 Å². The number of aromatic nitrogens is 3. The highest BCUT2D eigenvalue weighted by Gasteiger charge is 2.16. The van der Waals surface area contributed by atoms with Crippen LogP contribution >= 0.6 is 22.6 Å². The van der Waals surface area contributed by atoms with Gasteiger partial charge in [-0.3, -0.25) is 4.98 Å². The Morgan fingerprint density at radius 3 is 2.72 bits per heavy atom. The van der Waals surface area contributed by atoms with E-state index >= 15 is 0 Å². The van der Waals surface area contributed by atoms with Crippen molar-refractivity contribution in [1.29, 1.82) is 0 Å². The van der Waals surface area contributed by atoms with Crippen molar-refractivity contribution in [3.8, 4) is 11.1 Å². The van der Waals surface area contributed by atoms with Gasteiger partial charge in [-0.05, 0) is 37.5 Å². The predicted octanol–water partition coefficient (Wildman–Crippen LogP) is 5.55. The van der Waals surface area contributed by atoms with E-state index in [1.165, 1.54) is 11.1 Å². The summed E-state index contributed by atoms with van der Waals surface area (Å²) in [5.74, 6) is 0.821. The van der Waals surface area contributed by atoms with Crippen molar-refractivity contribution >= 4 is 33.6 Å². The minimum absolute atomic E-state index is 0.418. The second-order valence-corrected chi connectivity index (χ2v) is 7.72. The molecule has 0 aliphatic heterocycles. The van der Waals surface area contributed by atoms with E-state index in [1.54, 1.807) is 0 Å². The lowest BCUT2D eigenvalue weighted by Crippen LogP contribution is -1.95. The van der Waals surface area contributed by atoms with Gasteiger partial charge in [-0.1, -0.05) is 58.1 Å². The Bertz CT molecular complexity index is 1000. The number of halogens is 1. The first-order chi connectivity index (χ1) is 12.1. The number of pyridine rings is 1. The third-order valence-electron chi connectivity index (χ3n) is 4.48. The summed E-state index contributed by atoms with van der Waals surface area (Å²) in [6.07, 6.45) is 4.93. The van der Waals surface area contributed by atoms with Crippen LogP contribution in [0.3, 0.4) is 0 Å². The van der Waals surface area contributed by atoms with Crippen molar-refractivity contribution in [2.75, 3.05) is 0 Å². The molecule has 0 aliphatic carbocycles. The Labute approximate surface area is 159 Å². The van der Waals surface area contributed by atoms with Crippen molar-refractivity contribution in [3.05, 3.63) is 71.4 Å². The van der Waals surface area contributed by atoms with E-state index in [-0.39, 0.29) is 0 Å². The molecule has 4 aromatic rings. The van der Waals surface area contributed by atoms with Crippen molar-refractivity contribution in [2.24, 2.45) is 0 Å². The summed E-state index contributed by atoms with van der Waals surface area (Å²) in [6, 6.07) is 12.7. The molecule has 1 unspecified atom stereocenters. The summed E-state index contributed by atoms with van der Waals surface area (Å²) >= 11 is 2.50. The monoisotopic (exact) mass is 443 g/mol. The molecule has 0 bridgehead atoms. The van der Waals surface area contributed by atoms with Gasteiger partial charge in [0, 0.05) is 27.4 Å². The van der Waals surface area contributed by atoms with Crippen LogP contribution in [0.15, 0.2) is 53.3 Å². The fourth-order valence-corrected chi connectivity index (χ4v) is 4.11. The molecule has 1 N–H and O–H groups in total. The molecule has 1 aromatic carbocycles. The predicted molar refractivity (Wildman–Crippen MR) is 108 cm³/mol. The normalized spacial score (nSPS) is 12.6. The lowest BCUT2D eigenvalue weighted by atomic mass is 10.0. The molecular weight excluding hydrogens is 425 g/mol.